The van der Waals surface area contributed by atoms with Gasteiger partial charge in [0.2, 0.25) is 5.91 Å². The van der Waals surface area contributed by atoms with Crippen molar-refractivity contribution >= 4 is 27.4 Å². The van der Waals surface area contributed by atoms with Gasteiger partial charge in [0.05, 0.1) is 23.7 Å². The number of amides is 1. The minimum Gasteiger partial charge on any atom is -0.404 e. The number of anilines is 1. The summed E-state index contributed by atoms with van der Waals surface area (Å²) in [5.74, 6) is -1.07. The SMILES string of the molecule is NC(=NCCC(=O)NC1CCS(=O)(=O)C1)Nc1ccccc1OC(F)(F)F. The Hall–Kier alpha value is -2.50. The van der Waals surface area contributed by atoms with Crippen LogP contribution in [0.5, 0.6) is 5.75 Å². The summed E-state index contributed by atoms with van der Waals surface area (Å²) in [6.45, 7) is -0.0214. The second kappa shape index (κ2) is 8.46. The number of carbonyl (C=O) groups excluding carboxylic acids is 1. The molecule has 12 heteroatoms. The second-order valence-electron chi connectivity index (χ2n) is 5.85. The van der Waals surface area contributed by atoms with Crippen molar-refractivity contribution in [3.8, 4) is 5.75 Å². The van der Waals surface area contributed by atoms with Crippen LogP contribution in [0.1, 0.15) is 12.8 Å². The highest BCUT2D eigenvalue weighted by Gasteiger charge is 2.32. The summed E-state index contributed by atoms with van der Waals surface area (Å²) in [5.41, 5.74) is 5.58. The molecule has 4 N–H and O–H groups in total. The fraction of sp³-hybridized carbons (Fsp3) is 0.467. The molecule has 1 aromatic carbocycles. The van der Waals surface area contributed by atoms with Crippen LogP contribution in [0, 0.1) is 0 Å². The summed E-state index contributed by atoms with van der Waals surface area (Å²) >= 11 is 0. The highest BCUT2D eigenvalue weighted by Crippen LogP contribution is 2.29. The summed E-state index contributed by atoms with van der Waals surface area (Å²) in [7, 11) is -3.09. The lowest BCUT2D eigenvalue weighted by Crippen LogP contribution is -2.36. The van der Waals surface area contributed by atoms with E-state index in [1.807, 2.05) is 0 Å². The average molecular weight is 408 g/mol. The van der Waals surface area contributed by atoms with Gasteiger partial charge < -0.3 is 21.1 Å². The number of aliphatic imine (C=N–C) groups is 1. The van der Waals surface area contributed by atoms with Crippen LogP contribution in [0.15, 0.2) is 29.3 Å². The maximum absolute atomic E-state index is 12.4. The van der Waals surface area contributed by atoms with Crippen molar-refractivity contribution in [3.63, 3.8) is 0 Å². The van der Waals surface area contributed by atoms with Gasteiger partial charge in [0.25, 0.3) is 0 Å². The third-order valence-corrected chi connectivity index (χ3v) is 5.36. The molecule has 1 aliphatic heterocycles. The maximum Gasteiger partial charge on any atom is 0.573 e. The summed E-state index contributed by atoms with van der Waals surface area (Å²) in [4.78, 5) is 15.6. The fourth-order valence-electron chi connectivity index (χ4n) is 2.45. The third kappa shape index (κ3) is 7.33. The van der Waals surface area contributed by atoms with Gasteiger partial charge in [-0.1, -0.05) is 12.1 Å². The highest BCUT2D eigenvalue weighted by atomic mass is 32.2. The van der Waals surface area contributed by atoms with Gasteiger partial charge >= 0.3 is 6.36 Å². The number of halogens is 3. The molecule has 8 nitrogen and oxygen atoms in total. The Bertz CT molecular complexity index is 812. The van der Waals surface area contributed by atoms with Crippen LogP contribution in [0.2, 0.25) is 0 Å². The number of alkyl halides is 3. The van der Waals surface area contributed by atoms with Crippen molar-refractivity contribution in [2.45, 2.75) is 25.2 Å². The molecule has 0 bridgehead atoms. The van der Waals surface area contributed by atoms with E-state index in [1.54, 1.807) is 0 Å². The largest absolute Gasteiger partial charge is 0.573 e. The predicted octanol–water partition coefficient (Wildman–Crippen LogP) is 1.01. The number of nitrogens with two attached hydrogens (primary N) is 1. The van der Waals surface area contributed by atoms with E-state index in [0.29, 0.717) is 6.42 Å². The zero-order valence-electron chi connectivity index (χ0n) is 14.1. The first kappa shape index (κ1) is 20.8. The van der Waals surface area contributed by atoms with Gasteiger partial charge in [-0.2, -0.15) is 0 Å². The molecule has 1 aliphatic rings. The zero-order chi connectivity index (χ0) is 20.1. The first-order valence-electron chi connectivity index (χ1n) is 7.95. The molecule has 0 spiro atoms. The van der Waals surface area contributed by atoms with E-state index in [-0.39, 0.29) is 42.0 Å². The standard InChI is InChI=1S/C15H19F3N4O4S/c16-15(17,18)26-12-4-2-1-3-11(12)22-14(19)20-7-5-13(23)21-10-6-8-27(24,25)9-10/h1-4,10H,5-9H2,(H,21,23)(H3,19,20,22). The molecule has 1 amide bonds. The van der Waals surface area contributed by atoms with Crippen molar-refractivity contribution in [2.75, 3.05) is 23.4 Å². The Morgan fingerprint density at radius 1 is 1.33 bits per heavy atom. The van der Waals surface area contributed by atoms with E-state index in [9.17, 15) is 26.4 Å². The third-order valence-electron chi connectivity index (χ3n) is 3.59. The summed E-state index contributed by atoms with van der Waals surface area (Å²) < 4.78 is 63.7. The number of ether oxygens (including phenoxy) is 1. The molecule has 27 heavy (non-hydrogen) atoms. The van der Waals surface area contributed by atoms with Gasteiger partial charge in [-0.3, -0.25) is 9.79 Å². The lowest BCUT2D eigenvalue weighted by atomic mass is 10.2. The first-order valence-corrected chi connectivity index (χ1v) is 9.78. The van der Waals surface area contributed by atoms with Crippen molar-refractivity contribution < 1.29 is 31.1 Å². The molecule has 0 radical (unpaired) electrons. The van der Waals surface area contributed by atoms with Gasteiger partial charge in [0, 0.05) is 12.5 Å². The molecule has 150 valence electrons. The zero-order valence-corrected chi connectivity index (χ0v) is 14.9. The second-order valence-corrected chi connectivity index (χ2v) is 8.08. The summed E-state index contributed by atoms with van der Waals surface area (Å²) in [6.07, 6.45) is -4.52. The fourth-order valence-corrected chi connectivity index (χ4v) is 4.12. The smallest absolute Gasteiger partial charge is 0.404 e. The predicted molar refractivity (Wildman–Crippen MR) is 93.1 cm³/mol. The number of nitrogens with zero attached hydrogens (tertiary/aromatic N) is 1. The topological polar surface area (TPSA) is 123 Å². The van der Waals surface area contributed by atoms with Crippen LogP contribution < -0.4 is 21.1 Å². The van der Waals surface area contributed by atoms with Crippen molar-refractivity contribution in [2.24, 2.45) is 10.7 Å². The molecule has 1 heterocycles. The molecule has 1 atom stereocenters. The molecular formula is C15H19F3N4O4S. The normalized spacial score (nSPS) is 19.5. The van der Waals surface area contributed by atoms with Gasteiger partial charge in [-0.25, -0.2) is 8.42 Å². The molecule has 0 aliphatic carbocycles. The van der Waals surface area contributed by atoms with E-state index in [0.717, 1.165) is 6.07 Å². The van der Waals surface area contributed by atoms with E-state index >= 15 is 0 Å². The van der Waals surface area contributed by atoms with E-state index in [4.69, 9.17) is 5.73 Å². The number of carbonyl (C=O) groups is 1. The number of hydrogen-bond donors (Lipinski definition) is 3. The van der Waals surface area contributed by atoms with Crippen LogP contribution in [0.3, 0.4) is 0 Å². The van der Waals surface area contributed by atoms with Crippen molar-refractivity contribution in [1.29, 1.82) is 0 Å². The average Bonchev–Trinajstić information content (AvgIpc) is 2.86. The summed E-state index contributed by atoms with van der Waals surface area (Å²) in [6, 6.07) is 4.89. The molecule has 1 aromatic rings. The van der Waals surface area contributed by atoms with Gasteiger partial charge in [0.1, 0.15) is 0 Å². The van der Waals surface area contributed by atoms with Crippen LogP contribution in [0.25, 0.3) is 0 Å². The van der Waals surface area contributed by atoms with Crippen LogP contribution >= 0.6 is 0 Å². The molecule has 1 saturated heterocycles. The minimum absolute atomic E-state index is 0.0214. The van der Waals surface area contributed by atoms with Gasteiger partial charge in [0.15, 0.2) is 21.5 Å². The number of nitrogens with one attached hydrogen (secondary N) is 2. The molecule has 0 aromatic heterocycles. The molecule has 1 fully saturated rings. The Morgan fingerprint density at radius 2 is 2.04 bits per heavy atom. The van der Waals surface area contributed by atoms with Crippen LogP contribution in [-0.4, -0.2) is 50.7 Å². The van der Waals surface area contributed by atoms with E-state index < -0.39 is 28.0 Å². The molecular weight excluding hydrogens is 389 g/mol. The maximum atomic E-state index is 12.4. The van der Waals surface area contributed by atoms with Crippen LogP contribution in [-0.2, 0) is 14.6 Å². The number of guanidine groups is 1. The Kier molecular flexibility index (Phi) is 6.52. The lowest BCUT2D eigenvalue weighted by molar-refractivity contribution is -0.274. The first-order chi connectivity index (χ1) is 12.5. The number of hydrogen-bond acceptors (Lipinski definition) is 5. The minimum atomic E-state index is -4.85. The highest BCUT2D eigenvalue weighted by molar-refractivity contribution is 7.91. The Morgan fingerprint density at radius 3 is 2.67 bits per heavy atom. The molecule has 0 saturated carbocycles. The Balaban J connectivity index is 1.83. The van der Waals surface area contributed by atoms with E-state index in [2.05, 4.69) is 20.4 Å². The molecule has 2 rings (SSSR count). The van der Waals surface area contributed by atoms with Gasteiger partial charge in [-0.15, -0.1) is 13.2 Å². The quantitative estimate of drug-likeness (QED) is 0.477. The molecule has 1 unspecified atom stereocenters. The monoisotopic (exact) mass is 408 g/mol. The number of sulfone groups is 1. The Labute approximate surface area is 153 Å². The van der Waals surface area contributed by atoms with Gasteiger partial charge in [-0.05, 0) is 18.6 Å². The number of rotatable bonds is 6. The van der Waals surface area contributed by atoms with Crippen molar-refractivity contribution in [3.05, 3.63) is 24.3 Å². The lowest BCUT2D eigenvalue weighted by Gasteiger charge is -2.14. The van der Waals surface area contributed by atoms with Crippen LogP contribution in [0.4, 0.5) is 18.9 Å². The number of para-hydroxylation sites is 2. The summed E-state index contributed by atoms with van der Waals surface area (Å²) in [5, 5.41) is 5.08. The number of benzene rings is 1. The van der Waals surface area contributed by atoms with Crippen molar-refractivity contribution in [1.82, 2.24) is 5.32 Å². The van der Waals surface area contributed by atoms with E-state index in [1.165, 1.54) is 18.2 Å².